The highest BCUT2D eigenvalue weighted by Gasteiger charge is 2.02. The first-order valence-corrected chi connectivity index (χ1v) is 6.43. The number of pyridine rings is 1. The average Bonchev–Trinajstić information content (AvgIpc) is 2.17. The number of halogens is 2. The minimum Gasteiger partial charge on any atom is -0.293 e. The van der Waals surface area contributed by atoms with Gasteiger partial charge in [-0.3, -0.25) is 9.78 Å². The summed E-state index contributed by atoms with van der Waals surface area (Å²) in [5, 5.41) is 0. The van der Waals surface area contributed by atoms with E-state index in [-0.39, 0.29) is 5.78 Å². The van der Waals surface area contributed by atoms with E-state index >= 15 is 0 Å². The molecule has 0 bridgehead atoms. The first kappa shape index (κ1) is 10.4. The summed E-state index contributed by atoms with van der Waals surface area (Å²) in [4.78, 5) is 15.3. The molecule has 0 aromatic carbocycles. The lowest BCUT2D eigenvalue weighted by Crippen LogP contribution is -2.00. The number of hydrogen-bond acceptors (Lipinski definition) is 2. The van der Waals surface area contributed by atoms with Gasteiger partial charge in [0.1, 0.15) is 0 Å². The molecule has 1 aromatic rings. The average molecular weight is 387 g/mol. The van der Waals surface area contributed by atoms with Gasteiger partial charge in [0.25, 0.3) is 0 Å². The molecule has 0 aliphatic heterocycles. The van der Waals surface area contributed by atoms with Gasteiger partial charge in [-0.25, -0.2) is 0 Å². The summed E-state index contributed by atoms with van der Waals surface area (Å²) in [5.74, 6) is 0.142. The number of nitrogens with zero attached hydrogens (tertiary/aromatic N) is 1. The Hall–Kier alpha value is 0.280. The monoisotopic (exact) mass is 387 g/mol. The van der Waals surface area contributed by atoms with Crippen LogP contribution in [0, 0.1) is 0 Å². The molecule has 0 unspecified atom stereocenters. The SMILES string of the molecule is O=C(CI)c1ccc(CI)nc1. The molecule has 0 radical (unpaired) electrons. The van der Waals surface area contributed by atoms with Crippen LogP contribution in [0.25, 0.3) is 0 Å². The number of alkyl halides is 2. The Morgan fingerprint density at radius 3 is 2.58 bits per heavy atom. The molecule has 1 heterocycles. The molecule has 0 atom stereocenters. The molecular formula is C8H7I2NO. The molecule has 1 aromatic heterocycles. The smallest absolute Gasteiger partial charge is 0.174 e. The van der Waals surface area contributed by atoms with Crippen molar-refractivity contribution in [3.05, 3.63) is 29.6 Å². The maximum atomic E-state index is 11.2. The minimum absolute atomic E-state index is 0.142. The van der Waals surface area contributed by atoms with Crippen molar-refractivity contribution in [2.24, 2.45) is 0 Å². The van der Waals surface area contributed by atoms with E-state index in [9.17, 15) is 4.79 Å². The summed E-state index contributed by atoms with van der Waals surface area (Å²) in [7, 11) is 0. The fraction of sp³-hybridized carbons (Fsp3) is 0.250. The number of ketones is 1. The lowest BCUT2D eigenvalue weighted by Gasteiger charge is -1.97. The Labute approximate surface area is 98.4 Å². The van der Waals surface area contributed by atoms with E-state index in [0.29, 0.717) is 9.99 Å². The van der Waals surface area contributed by atoms with Crippen molar-refractivity contribution in [2.45, 2.75) is 4.43 Å². The second kappa shape index (κ2) is 5.11. The topological polar surface area (TPSA) is 30.0 Å². The van der Waals surface area contributed by atoms with E-state index in [1.54, 1.807) is 6.20 Å². The molecule has 64 valence electrons. The molecular weight excluding hydrogens is 380 g/mol. The van der Waals surface area contributed by atoms with Crippen LogP contribution in [-0.2, 0) is 4.43 Å². The molecule has 0 aliphatic rings. The second-order valence-electron chi connectivity index (χ2n) is 2.23. The van der Waals surface area contributed by atoms with Crippen molar-refractivity contribution in [2.75, 3.05) is 4.43 Å². The van der Waals surface area contributed by atoms with Crippen molar-refractivity contribution < 1.29 is 4.79 Å². The summed E-state index contributed by atoms with van der Waals surface area (Å²) in [6.07, 6.45) is 1.65. The predicted octanol–water partition coefficient (Wildman–Crippen LogP) is 2.63. The fourth-order valence-corrected chi connectivity index (χ4v) is 1.64. The molecule has 12 heavy (non-hydrogen) atoms. The number of carbonyl (C=O) groups is 1. The second-order valence-corrected chi connectivity index (χ2v) is 3.75. The van der Waals surface area contributed by atoms with Gasteiger partial charge in [-0.1, -0.05) is 45.2 Å². The van der Waals surface area contributed by atoms with Gasteiger partial charge in [0.05, 0.1) is 10.1 Å². The van der Waals surface area contributed by atoms with Crippen molar-refractivity contribution in [3.63, 3.8) is 0 Å². The Balaban J connectivity index is 2.84. The van der Waals surface area contributed by atoms with Crippen LogP contribution >= 0.6 is 45.2 Å². The highest BCUT2D eigenvalue weighted by molar-refractivity contribution is 14.1. The van der Waals surface area contributed by atoms with Crippen molar-refractivity contribution in [3.8, 4) is 0 Å². The molecule has 4 heteroatoms. The van der Waals surface area contributed by atoms with Crippen molar-refractivity contribution in [1.29, 1.82) is 0 Å². The summed E-state index contributed by atoms with van der Waals surface area (Å²) < 4.78 is 1.40. The largest absolute Gasteiger partial charge is 0.293 e. The summed E-state index contributed by atoms with van der Waals surface area (Å²) in [6.45, 7) is 0. The maximum Gasteiger partial charge on any atom is 0.174 e. The van der Waals surface area contributed by atoms with Crippen molar-refractivity contribution in [1.82, 2.24) is 4.98 Å². The summed E-state index contributed by atoms with van der Waals surface area (Å²) >= 11 is 4.30. The third kappa shape index (κ3) is 2.65. The maximum absolute atomic E-state index is 11.2. The lowest BCUT2D eigenvalue weighted by atomic mass is 10.2. The Bertz CT molecular complexity index is 271. The van der Waals surface area contributed by atoms with E-state index < -0.39 is 0 Å². The number of rotatable bonds is 3. The predicted molar refractivity (Wildman–Crippen MR) is 65.2 cm³/mol. The van der Waals surface area contributed by atoms with Gasteiger partial charge in [-0.05, 0) is 12.1 Å². The molecule has 0 saturated heterocycles. The van der Waals surface area contributed by atoms with Gasteiger partial charge in [-0.2, -0.15) is 0 Å². The summed E-state index contributed by atoms with van der Waals surface area (Å²) in [6, 6.07) is 3.73. The molecule has 1 rings (SSSR count). The zero-order chi connectivity index (χ0) is 8.97. The normalized spacial score (nSPS) is 9.83. The molecule has 0 amide bonds. The van der Waals surface area contributed by atoms with Gasteiger partial charge in [-0.15, -0.1) is 0 Å². The van der Waals surface area contributed by atoms with Crippen LogP contribution in [0.1, 0.15) is 16.1 Å². The van der Waals surface area contributed by atoms with Crippen LogP contribution < -0.4 is 0 Å². The molecule has 0 spiro atoms. The van der Waals surface area contributed by atoms with Gasteiger partial charge >= 0.3 is 0 Å². The molecule has 0 saturated carbocycles. The van der Waals surface area contributed by atoms with Gasteiger partial charge in [0, 0.05) is 16.2 Å². The molecule has 0 aliphatic carbocycles. The Morgan fingerprint density at radius 2 is 2.17 bits per heavy atom. The van der Waals surface area contributed by atoms with Crippen LogP contribution in [0.3, 0.4) is 0 Å². The zero-order valence-corrected chi connectivity index (χ0v) is 10.6. The van der Waals surface area contributed by atoms with Crippen LogP contribution in [0.5, 0.6) is 0 Å². The van der Waals surface area contributed by atoms with Gasteiger partial charge in [0.15, 0.2) is 5.78 Å². The first-order chi connectivity index (χ1) is 5.77. The number of aromatic nitrogens is 1. The van der Waals surface area contributed by atoms with E-state index in [1.165, 1.54) is 0 Å². The minimum atomic E-state index is 0.142. The van der Waals surface area contributed by atoms with Crippen LogP contribution in [0.2, 0.25) is 0 Å². The van der Waals surface area contributed by atoms with Crippen molar-refractivity contribution >= 4 is 51.0 Å². The van der Waals surface area contributed by atoms with Gasteiger partial charge in [0.2, 0.25) is 0 Å². The van der Waals surface area contributed by atoms with Crippen LogP contribution in [0.15, 0.2) is 18.3 Å². The number of carbonyl (C=O) groups excluding carboxylic acids is 1. The Morgan fingerprint density at radius 1 is 1.42 bits per heavy atom. The Kier molecular flexibility index (Phi) is 4.41. The number of hydrogen-bond donors (Lipinski definition) is 0. The standard InChI is InChI=1S/C8H7I2NO/c9-3-7-2-1-6(5-11-7)8(12)4-10/h1-2,5H,3-4H2. The zero-order valence-electron chi connectivity index (χ0n) is 6.26. The lowest BCUT2D eigenvalue weighted by molar-refractivity contribution is 0.102. The van der Waals surface area contributed by atoms with E-state index in [0.717, 1.165) is 10.1 Å². The van der Waals surface area contributed by atoms with E-state index in [4.69, 9.17) is 0 Å². The van der Waals surface area contributed by atoms with Gasteiger partial charge < -0.3 is 0 Å². The fourth-order valence-electron chi connectivity index (χ4n) is 0.746. The van der Waals surface area contributed by atoms with Crippen LogP contribution in [-0.4, -0.2) is 15.2 Å². The highest BCUT2D eigenvalue weighted by Crippen LogP contribution is 2.06. The third-order valence-corrected chi connectivity index (χ3v) is 2.88. The molecule has 2 nitrogen and oxygen atoms in total. The molecule has 0 N–H and O–H groups in total. The van der Waals surface area contributed by atoms with Crippen LogP contribution in [0.4, 0.5) is 0 Å². The highest BCUT2D eigenvalue weighted by atomic mass is 127. The number of Topliss-reactive ketones (excluding diaryl/α,β-unsaturated/α-hetero) is 1. The molecule has 0 fully saturated rings. The van der Waals surface area contributed by atoms with E-state index in [1.807, 2.05) is 12.1 Å². The third-order valence-electron chi connectivity index (χ3n) is 1.40. The first-order valence-electron chi connectivity index (χ1n) is 3.38. The van der Waals surface area contributed by atoms with E-state index in [2.05, 4.69) is 50.2 Å². The summed E-state index contributed by atoms with van der Waals surface area (Å²) in [5.41, 5.74) is 1.72. The quantitative estimate of drug-likeness (QED) is 0.454.